The zero-order valence-corrected chi connectivity index (χ0v) is 21.1. The second kappa shape index (κ2) is 11.4. The lowest BCUT2D eigenvalue weighted by Crippen LogP contribution is -3.00. The number of amides is 1. The first-order valence-electron chi connectivity index (χ1n) is 11.8. The lowest BCUT2D eigenvalue weighted by atomic mass is 9.73. The van der Waals surface area contributed by atoms with Gasteiger partial charge in [-0.1, -0.05) is 49.6 Å². The molecule has 0 spiro atoms. The predicted molar refractivity (Wildman–Crippen MR) is 123 cm³/mol. The van der Waals surface area contributed by atoms with Crippen molar-refractivity contribution in [3.63, 3.8) is 0 Å². The van der Waals surface area contributed by atoms with Gasteiger partial charge in [-0.05, 0) is 30.5 Å². The highest BCUT2D eigenvalue weighted by Gasteiger charge is 2.51. The quantitative estimate of drug-likeness (QED) is 0.384. The summed E-state index contributed by atoms with van der Waals surface area (Å²) in [4.78, 5) is 26.3. The van der Waals surface area contributed by atoms with E-state index in [1.165, 1.54) is 0 Å². The Morgan fingerprint density at radius 3 is 2.50 bits per heavy atom. The maximum Gasteiger partial charge on any atom is 0.347 e. The topological polar surface area (TPSA) is 101 Å². The maximum absolute atomic E-state index is 13.6. The van der Waals surface area contributed by atoms with Crippen LogP contribution in [0.3, 0.4) is 0 Å². The number of likely N-dealkylation sites (N-methyl/N-ethyl adjacent to an activating group) is 1. The van der Waals surface area contributed by atoms with Gasteiger partial charge in [-0.2, -0.15) is 5.10 Å². The summed E-state index contributed by atoms with van der Waals surface area (Å²) >= 11 is 0. The van der Waals surface area contributed by atoms with Crippen LogP contribution in [0.15, 0.2) is 48.7 Å². The molecule has 1 aliphatic carbocycles. The number of nitrogens with one attached hydrogen (secondary N) is 1. The number of likely N-dealkylation sites (tertiary alicyclic amines) is 1. The third kappa shape index (κ3) is 5.64. The van der Waals surface area contributed by atoms with Crippen molar-refractivity contribution in [3.05, 3.63) is 54.2 Å². The molecule has 34 heavy (non-hydrogen) atoms. The van der Waals surface area contributed by atoms with E-state index in [4.69, 9.17) is 4.74 Å². The highest BCUT2D eigenvalue weighted by Crippen LogP contribution is 2.41. The van der Waals surface area contributed by atoms with Gasteiger partial charge in [0.25, 0.3) is 5.91 Å². The molecule has 1 aromatic carbocycles. The van der Waals surface area contributed by atoms with Crippen molar-refractivity contribution >= 4 is 17.7 Å². The van der Waals surface area contributed by atoms with E-state index >= 15 is 0 Å². The number of hydrogen-bond acceptors (Lipinski definition) is 6. The minimum atomic E-state index is -1.68. The molecule has 1 amide bonds. The van der Waals surface area contributed by atoms with E-state index in [0.717, 1.165) is 38.5 Å². The fraction of sp³-hybridized carbons (Fsp3) is 0.520. The molecule has 3 atom stereocenters. The zero-order chi connectivity index (χ0) is 23.3. The molecule has 1 saturated carbocycles. The molecular weight excluding hydrogens is 500 g/mol. The van der Waals surface area contributed by atoms with Gasteiger partial charge >= 0.3 is 5.97 Å². The van der Waals surface area contributed by atoms with Gasteiger partial charge < -0.3 is 32.1 Å². The molecule has 9 heteroatoms. The Kier molecular flexibility index (Phi) is 8.78. The van der Waals surface area contributed by atoms with Crippen LogP contribution in [0.2, 0.25) is 0 Å². The first kappa shape index (κ1) is 26.2. The number of aromatic nitrogens is 2. The number of hydrogen-bond donors (Lipinski definition) is 2. The minimum Gasteiger partial charge on any atom is -1.00 e. The van der Waals surface area contributed by atoms with Crippen molar-refractivity contribution in [1.82, 2.24) is 10.2 Å². The SMILES string of the molecule is C[N+]1(CC(=O)Nc2cccnn2)CCCC1OC(=O)C(O)(c1ccccc1)C1CCCCC1.[Br-]. The molecule has 2 heterocycles. The van der Waals surface area contributed by atoms with E-state index in [-0.39, 0.29) is 39.8 Å². The molecule has 1 aliphatic heterocycles. The standard InChI is InChI=1S/C25H32N4O4.BrH/c1-29(18-22(30)27-21-14-8-16-26-28-21)17-9-15-23(29)33-24(31)25(32,19-10-4-2-5-11-19)20-12-6-3-7-13-20;/h2,4-5,8,10-11,14,16,20,23,32H,3,6-7,9,12-13,15,17-18H2,1H3;1H. The first-order chi connectivity index (χ1) is 15.9. The second-order valence-corrected chi connectivity index (χ2v) is 9.49. The van der Waals surface area contributed by atoms with Gasteiger partial charge in [-0.25, -0.2) is 4.79 Å². The number of aliphatic hydroxyl groups is 1. The van der Waals surface area contributed by atoms with Crippen LogP contribution in [0.4, 0.5) is 5.82 Å². The second-order valence-electron chi connectivity index (χ2n) is 9.49. The van der Waals surface area contributed by atoms with Crippen LogP contribution < -0.4 is 22.3 Å². The molecule has 1 saturated heterocycles. The average Bonchev–Trinajstić information content (AvgIpc) is 3.19. The number of esters is 1. The van der Waals surface area contributed by atoms with Crippen LogP contribution in [0.5, 0.6) is 0 Å². The molecule has 0 radical (unpaired) electrons. The minimum absolute atomic E-state index is 0. The number of rotatable bonds is 7. The van der Waals surface area contributed by atoms with Crippen LogP contribution in [-0.4, -0.2) is 58.0 Å². The smallest absolute Gasteiger partial charge is 0.347 e. The number of nitrogens with zero attached hydrogens (tertiary/aromatic N) is 3. The van der Waals surface area contributed by atoms with E-state index in [2.05, 4.69) is 15.5 Å². The molecule has 2 aromatic rings. The Morgan fingerprint density at radius 1 is 1.09 bits per heavy atom. The molecule has 4 rings (SSSR count). The fourth-order valence-electron chi connectivity index (χ4n) is 5.27. The Hall–Kier alpha value is -2.36. The van der Waals surface area contributed by atoms with E-state index in [1.807, 2.05) is 25.2 Å². The van der Waals surface area contributed by atoms with Gasteiger partial charge in [0, 0.05) is 25.0 Å². The molecule has 3 unspecified atom stereocenters. The Bertz CT molecular complexity index is 958. The predicted octanol–water partition coefficient (Wildman–Crippen LogP) is -0.00310. The van der Waals surface area contributed by atoms with Gasteiger partial charge in [0.2, 0.25) is 6.23 Å². The highest BCUT2D eigenvalue weighted by molar-refractivity contribution is 5.90. The number of anilines is 1. The number of halogens is 1. The molecule has 8 nitrogen and oxygen atoms in total. The Labute approximate surface area is 211 Å². The summed E-state index contributed by atoms with van der Waals surface area (Å²) in [5.41, 5.74) is -1.11. The van der Waals surface area contributed by atoms with Crippen LogP contribution in [0, 0.1) is 5.92 Å². The third-order valence-corrected chi connectivity index (χ3v) is 7.12. The average molecular weight is 533 g/mol. The van der Waals surface area contributed by atoms with E-state index in [1.54, 1.807) is 30.5 Å². The van der Waals surface area contributed by atoms with Crippen molar-refractivity contribution in [2.24, 2.45) is 5.92 Å². The van der Waals surface area contributed by atoms with Crippen molar-refractivity contribution in [2.45, 2.75) is 56.8 Å². The van der Waals surface area contributed by atoms with E-state index in [9.17, 15) is 14.7 Å². The van der Waals surface area contributed by atoms with E-state index in [0.29, 0.717) is 24.3 Å². The number of carbonyl (C=O) groups is 2. The highest BCUT2D eigenvalue weighted by atomic mass is 79.9. The summed E-state index contributed by atoms with van der Waals surface area (Å²) in [6.07, 6.45) is 7.21. The largest absolute Gasteiger partial charge is 1.00 e. The normalized spacial score (nSPS) is 24.5. The monoisotopic (exact) mass is 532 g/mol. The molecule has 2 aliphatic rings. The molecule has 2 N–H and O–H groups in total. The third-order valence-electron chi connectivity index (χ3n) is 7.12. The van der Waals surface area contributed by atoms with Crippen LogP contribution in [0.1, 0.15) is 50.5 Å². The summed E-state index contributed by atoms with van der Waals surface area (Å²) in [6, 6.07) is 12.5. The Morgan fingerprint density at radius 2 is 1.82 bits per heavy atom. The Balaban J connectivity index is 0.00000324. The lowest BCUT2D eigenvalue weighted by molar-refractivity contribution is -0.932. The summed E-state index contributed by atoms with van der Waals surface area (Å²) < 4.78 is 6.30. The number of carbonyl (C=O) groups excluding carboxylic acids is 2. The molecule has 0 bridgehead atoms. The first-order valence-corrected chi connectivity index (χ1v) is 11.8. The van der Waals surface area contributed by atoms with Crippen LogP contribution >= 0.6 is 0 Å². The van der Waals surface area contributed by atoms with Crippen LogP contribution in [-0.2, 0) is 19.9 Å². The van der Waals surface area contributed by atoms with E-state index < -0.39 is 17.8 Å². The van der Waals surface area contributed by atoms with Crippen LogP contribution in [0.25, 0.3) is 0 Å². The van der Waals surface area contributed by atoms with Gasteiger partial charge in [-0.15, -0.1) is 5.10 Å². The lowest BCUT2D eigenvalue weighted by Gasteiger charge is -2.39. The molecule has 184 valence electrons. The summed E-state index contributed by atoms with van der Waals surface area (Å²) in [7, 11) is 1.92. The fourth-order valence-corrected chi connectivity index (χ4v) is 5.27. The van der Waals surface area contributed by atoms with Crippen molar-refractivity contribution < 1.29 is 40.9 Å². The molecular formula is C25H33BrN4O4. The van der Waals surface area contributed by atoms with Crippen molar-refractivity contribution in [1.29, 1.82) is 0 Å². The van der Waals surface area contributed by atoms with Gasteiger partial charge in [0.05, 0.1) is 13.6 Å². The maximum atomic E-state index is 13.6. The number of quaternary nitrogens is 1. The van der Waals surface area contributed by atoms with Crippen molar-refractivity contribution in [3.8, 4) is 0 Å². The van der Waals surface area contributed by atoms with Gasteiger partial charge in [0.15, 0.2) is 18.0 Å². The summed E-state index contributed by atoms with van der Waals surface area (Å²) in [5.74, 6) is -0.614. The molecule has 1 aromatic heterocycles. The van der Waals surface area contributed by atoms with Gasteiger partial charge in [-0.3, -0.25) is 9.28 Å². The number of benzene rings is 1. The summed E-state index contributed by atoms with van der Waals surface area (Å²) in [5, 5.41) is 22.2. The van der Waals surface area contributed by atoms with Gasteiger partial charge in [0.1, 0.15) is 0 Å². The summed E-state index contributed by atoms with van der Waals surface area (Å²) in [6.45, 7) is 0.848. The zero-order valence-electron chi connectivity index (χ0n) is 19.5. The van der Waals surface area contributed by atoms with Crippen molar-refractivity contribution in [2.75, 3.05) is 25.5 Å². The molecule has 2 fully saturated rings. The number of ether oxygens (including phenoxy) is 1.